The Labute approximate surface area is 157 Å². The molecule has 1 aliphatic heterocycles. The van der Waals surface area contributed by atoms with E-state index in [2.05, 4.69) is 58.3 Å². The minimum atomic E-state index is 0.693. The molecule has 1 atom stereocenters. The van der Waals surface area contributed by atoms with Gasteiger partial charge in [0.1, 0.15) is 0 Å². The smallest absolute Gasteiger partial charge is 0.0713 e. The predicted molar refractivity (Wildman–Crippen MR) is 108 cm³/mol. The van der Waals surface area contributed by atoms with E-state index in [0.717, 1.165) is 19.0 Å². The monoisotopic (exact) mass is 350 g/mol. The van der Waals surface area contributed by atoms with Crippen molar-refractivity contribution in [1.82, 2.24) is 4.90 Å². The van der Waals surface area contributed by atoms with Gasteiger partial charge in [-0.3, -0.25) is 4.90 Å². The minimum absolute atomic E-state index is 0.693. The molecule has 2 aromatic rings. The number of rotatable bonds is 6. The fraction of sp³-hybridized carbons (Fsp3) is 0.478. The highest BCUT2D eigenvalue weighted by Crippen LogP contribution is 2.35. The number of methoxy groups -OCH3 is 1. The van der Waals surface area contributed by atoms with Crippen molar-refractivity contribution in [3.05, 3.63) is 65.2 Å². The summed E-state index contributed by atoms with van der Waals surface area (Å²) in [5.41, 5.74) is 5.78. The maximum Gasteiger partial charge on any atom is 0.0713 e. The molecule has 3 heteroatoms. The fourth-order valence-corrected chi connectivity index (χ4v) is 4.48. The van der Waals surface area contributed by atoms with E-state index in [1.165, 1.54) is 50.1 Å². The molecule has 0 saturated carbocycles. The molecule has 0 radical (unpaired) electrons. The van der Waals surface area contributed by atoms with Gasteiger partial charge < -0.3 is 9.64 Å². The van der Waals surface area contributed by atoms with Crippen molar-refractivity contribution in [3.8, 4) is 0 Å². The summed E-state index contributed by atoms with van der Waals surface area (Å²) < 4.78 is 5.20. The van der Waals surface area contributed by atoms with E-state index in [1.54, 1.807) is 18.2 Å². The second kappa shape index (κ2) is 8.24. The van der Waals surface area contributed by atoms with Crippen molar-refractivity contribution in [2.24, 2.45) is 0 Å². The normalized spacial score (nSPS) is 20.3. The number of hydrogen-bond acceptors (Lipinski definition) is 3. The van der Waals surface area contributed by atoms with Gasteiger partial charge in [0.15, 0.2) is 0 Å². The third-order valence-corrected chi connectivity index (χ3v) is 6.04. The Bertz CT molecular complexity index is 704. The lowest BCUT2D eigenvalue weighted by Gasteiger charge is -2.36. The highest BCUT2D eigenvalue weighted by molar-refractivity contribution is 5.48. The van der Waals surface area contributed by atoms with E-state index < -0.39 is 0 Å². The van der Waals surface area contributed by atoms with Crippen LogP contribution >= 0.6 is 0 Å². The predicted octanol–water partition coefficient (Wildman–Crippen LogP) is 4.08. The van der Waals surface area contributed by atoms with Crippen LogP contribution in [0.4, 0.5) is 5.69 Å². The van der Waals surface area contributed by atoms with Gasteiger partial charge in [-0.2, -0.15) is 0 Å². The molecular weight excluding hydrogens is 320 g/mol. The number of benzene rings is 2. The molecule has 26 heavy (non-hydrogen) atoms. The van der Waals surface area contributed by atoms with Gasteiger partial charge in [-0.25, -0.2) is 0 Å². The zero-order valence-corrected chi connectivity index (χ0v) is 15.9. The number of fused-ring (bicyclic) bond motifs is 1. The maximum atomic E-state index is 5.20. The van der Waals surface area contributed by atoms with Gasteiger partial charge in [0, 0.05) is 39.0 Å². The molecular formula is C23H30N2O. The minimum Gasteiger partial charge on any atom is -0.380 e. The van der Waals surface area contributed by atoms with Crippen LogP contribution in [0, 0.1) is 0 Å². The van der Waals surface area contributed by atoms with Crippen LogP contribution in [0.3, 0.4) is 0 Å². The van der Waals surface area contributed by atoms with Crippen LogP contribution in [0.25, 0.3) is 0 Å². The van der Waals surface area contributed by atoms with Crippen LogP contribution < -0.4 is 4.90 Å². The summed E-state index contributed by atoms with van der Waals surface area (Å²) in [4.78, 5) is 5.16. The van der Waals surface area contributed by atoms with Crippen molar-refractivity contribution in [1.29, 1.82) is 0 Å². The molecule has 1 unspecified atom stereocenters. The lowest BCUT2D eigenvalue weighted by molar-refractivity contribution is 0.185. The SMILES string of the molecule is COCc1ccc(N2CCN(CCC3CCc4ccccc43)CC2)cc1. The number of piperazine rings is 1. The van der Waals surface area contributed by atoms with Crippen LogP contribution in [0.2, 0.25) is 0 Å². The number of anilines is 1. The molecule has 1 fully saturated rings. The molecule has 2 aliphatic rings. The Hall–Kier alpha value is -1.84. The Kier molecular flexibility index (Phi) is 5.57. The maximum absolute atomic E-state index is 5.20. The summed E-state index contributed by atoms with van der Waals surface area (Å²) in [6.45, 7) is 6.54. The van der Waals surface area contributed by atoms with Crippen molar-refractivity contribution in [3.63, 3.8) is 0 Å². The molecule has 0 spiro atoms. The molecule has 0 amide bonds. The summed E-state index contributed by atoms with van der Waals surface area (Å²) in [7, 11) is 1.75. The van der Waals surface area contributed by atoms with Gasteiger partial charge in [0.2, 0.25) is 0 Å². The Balaban J connectivity index is 1.25. The van der Waals surface area contributed by atoms with Crippen molar-refractivity contribution in [2.75, 3.05) is 44.7 Å². The van der Waals surface area contributed by atoms with E-state index in [4.69, 9.17) is 4.74 Å². The van der Waals surface area contributed by atoms with Crippen LogP contribution in [-0.4, -0.2) is 44.7 Å². The van der Waals surface area contributed by atoms with Gasteiger partial charge in [0.05, 0.1) is 6.61 Å². The Morgan fingerprint density at radius 3 is 2.50 bits per heavy atom. The standard InChI is InChI=1S/C23H30N2O/c1-26-18-19-6-10-22(11-7-19)25-16-14-24(15-17-25)13-12-21-9-8-20-4-2-3-5-23(20)21/h2-7,10-11,21H,8-9,12-18H2,1H3. The summed E-state index contributed by atoms with van der Waals surface area (Å²) in [6, 6.07) is 17.9. The summed E-state index contributed by atoms with van der Waals surface area (Å²) in [5, 5.41) is 0. The van der Waals surface area contributed by atoms with E-state index in [0.29, 0.717) is 6.61 Å². The van der Waals surface area contributed by atoms with Gasteiger partial charge >= 0.3 is 0 Å². The zero-order chi connectivity index (χ0) is 17.8. The van der Waals surface area contributed by atoms with Gasteiger partial charge in [-0.1, -0.05) is 36.4 Å². The van der Waals surface area contributed by atoms with Gasteiger partial charge in [-0.05, 0) is 60.5 Å². The topological polar surface area (TPSA) is 15.7 Å². The first-order valence-corrected chi connectivity index (χ1v) is 9.96. The first-order chi connectivity index (χ1) is 12.8. The average Bonchev–Trinajstić information content (AvgIpc) is 3.11. The van der Waals surface area contributed by atoms with Crippen molar-refractivity contribution < 1.29 is 4.74 Å². The molecule has 1 aliphatic carbocycles. The largest absolute Gasteiger partial charge is 0.380 e. The van der Waals surface area contributed by atoms with Gasteiger partial charge in [0.25, 0.3) is 0 Å². The summed E-state index contributed by atoms with van der Waals surface area (Å²) >= 11 is 0. The van der Waals surface area contributed by atoms with Crippen LogP contribution in [0.15, 0.2) is 48.5 Å². The molecule has 138 valence electrons. The van der Waals surface area contributed by atoms with Crippen LogP contribution in [0.5, 0.6) is 0 Å². The van der Waals surface area contributed by atoms with E-state index in [1.807, 2.05) is 0 Å². The fourth-order valence-electron chi connectivity index (χ4n) is 4.48. The number of hydrogen-bond donors (Lipinski definition) is 0. The third-order valence-electron chi connectivity index (χ3n) is 6.04. The molecule has 1 heterocycles. The molecule has 4 rings (SSSR count). The van der Waals surface area contributed by atoms with Crippen molar-refractivity contribution in [2.45, 2.75) is 31.8 Å². The zero-order valence-electron chi connectivity index (χ0n) is 15.9. The Morgan fingerprint density at radius 2 is 1.73 bits per heavy atom. The second-order valence-corrected chi connectivity index (χ2v) is 7.65. The van der Waals surface area contributed by atoms with E-state index >= 15 is 0 Å². The molecule has 0 bridgehead atoms. The van der Waals surface area contributed by atoms with Crippen LogP contribution in [-0.2, 0) is 17.8 Å². The molecule has 0 aromatic heterocycles. The lowest BCUT2D eigenvalue weighted by Crippen LogP contribution is -2.46. The number of aryl methyl sites for hydroxylation is 1. The average molecular weight is 351 g/mol. The highest BCUT2D eigenvalue weighted by Gasteiger charge is 2.23. The first-order valence-electron chi connectivity index (χ1n) is 9.96. The Morgan fingerprint density at radius 1 is 0.962 bits per heavy atom. The number of ether oxygens (including phenoxy) is 1. The second-order valence-electron chi connectivity index (χ2n) is 7.65. The quantitative estimate of drug-likeness (QED) is 0.781. The van der Waals surface area contributed by atoms with E-state index in [9.17, 15) is 0 Å². The highest BCUT2D eigenvalue weighted by atomic mass is 16.5. The molecule has 2 aromatic carbocycles. The van der Waals surface area contributed by atoms with Crippen LogP contribution in [0.1, 0.15) is 35.4 Å². The molecule has 1 saturated heterocycles. The lowest BCUT2D eigenvalue weighted by atomic mass is 9.97. The summed E-state index contributed by atoms with van der Waals surface area (Å²) in [6.07, 6.45) is 3.92. The summed E-state index contributed by atoms with van der Waals surface area (Å²) in [5.74, 6) is 0.776. The molecule has 0 N–H and O–H groups in total. The van der Waals surface area contributed by atoms with E-state index in [-0.39, 0.29) is 0 Å². The first kappa shape index (κ1) is 17.6. The molecule has 3 nitrogen and oxygen atoms in total. The van der Waals surface area contributed by atoms with Gasteiger partial charge in [-0.15, -0.1) is 0 Å². The number of nitrogens with zero attached hydrogens (tertiary/aromatic N) is 2. The third kappa shape index (κ3) is 3.94. The van der Waals surface area contributed by atoms with Crippen molar-refractivity contribution >= 4 is 5.69 Å².